The lowest BCUT2D eigenvalue weighted by molar-refractivity contribution is 0.0320. The number of nitrogens with one attached hydrogen (secondary N) is 1. The van der Waals surface area contributed by atoms with Gasteiger partial charge in [-0.05, 0) is 36.8 Å². The van der Waals surface area contributed by atoms with Gasteiger partial charge >= 0.3 is 5.97 Å². The summed E-state index contributed by atoms with van der Waals surface area (Å²) in [5, 5.41) is 0.452. The van der Waals surface area contributed by atoms with Crippen LogP contribution in [0.1, 0.15) is 34.8 Å². The molecule has 2 aromatic carbocycles. The van der Waals surface area contributed by atoms with Gasteiger partial charge in [0.25, 0.3) is 5.56 Å². The number of rotatable bonds is 5. The second-order valence-electron chi connectivity index (χ2n) is 6.29. The number of nitrogens with zero attached hydrogens (tertiary/aromatic N) is 1. The van der Waals surface area contributed by atoms with Gasteiger partial charge in [0, 0.05) is 6.26 Å². The Hall–Kier alpha value is -3.00. The predicted octanol–water partition coefficient (Wildman–Crippen LogP) is 2.39. The van der Waals surface area contributed by atoms with Crippen molar-refractivity contribution in [1.29, 1.82) is 0 Å². The van der Waals surface area contributed by atoms with E-state index in [2.05, 4.69) is 9.97 Å². The Kier molecular flexibility index (Phi) is 5.09. The predicted molar refractivity (Wildman–Crippen MR) is 101 cm³/mol. The van der Waals surface area contributed by atoms with Gasteiger partial charge in [0.15, 0.2) is 21.8 Å². The van der Waals surface area contributed by atoms with Gasteiger partial charge in [-0.2, -0.15) is 0 Å². The van der Waals surface area contributed by atoms with Gasteiger partial charge in [0.2, 0.25) is 0 Å². The number of hydrogen-bond donors (Lipinski definition) is 1. The smallest absolute Gasteiger partial charge is 0.338 e. The van der Waals surface area contributed by atoms with Gasteiger partial charge in [-0.25, -0.2) is 18.2 Å². The van der Waals surface area contributed by atoms with Crippen molar-refractivity contribution in [3.63, 3.8) is 0 Å². The van der Waals surface area contributed by atoms with Crippen LogP contribution in [-0.2, 0) is 20.3 Å². The fourth-order valence-corrected chi connectivity index (χ4v) is 3.46. The molecule has 0 fully saturated rings. The zero-order valence-electron chi connectivity index (χ0n) is 14.8. The quantitative estimate of drug-likeness (QED) is 0.675. The summed E-state index contributed by atoms with van der Waals surface area (Å²) in [6.07, 6.45) is 0.343. The molecule has 0 amide bonds. The molecule has 0 unspecified atom stereocenters. The van der Waals surface area contributed by atoms with Gasteiger partial charge in [-0.15, -0.1) is 0 Å². The minimum Gasteiger partial charge on any atom is -0.451 e. The molecule has 1 N–H and O–H groups in total. The first-order chi connectivity index (χ1) is 12.7. The topological polar surface area (TPSA) is 106 Å². The molecule has 1 heterocycles. The fraction of sp³-hybridized carbons (Fsp3) is 0.211. The van der Waals surface area contributed by atoms with E-state index in [0.29, 0.717) is 16.5 Å². The molecule has 7 nitrogen and oxygen atoms in total. The minimum atomic E-state index is -3.21. The van der Waals surface area contributed by atoms with E-state index in [9.17, 15) is 18.0 Å². The third-order valence-electron chi connectivity index (χ3n) is 3.89. The maximum Gasteiger partial charge on any atom is 0.338 e. The third kappa shape index (κ3) is 4.59. The highest BCUT2D eigenvalue weighted by Gasteiger charge is 2.17. The number of ether oxygens (including phenoxy) is 1. The van der Waals surface area contributed by atoms with Gasteiger partial charge in [0.05, 0.1) is 22.2 Å². The lowest BCUT2D eigenvalue weighted by atomic mass is 10.1. The molecule has 0 saturated heterocycles. The van der Waals surface area contributed by atoms with Crippen molar-refractivity contribution < 1.29 is 17.9 Å². The van der Waals surface area contributed by atoms with Crippen molar-refractivity contribution in [1.82, 2.24) is 9.97 Å². The summed E-state index contributed by atoms with van der Waals surface area (Å²) in [6.45, 7) is 1.60. The van der Waals surface area contributed by atoms with Gasteiger partial charge in [-0.1, -0.05) is 24.3 Å². The maximum atomic E-state index is 12.4. The molecule has 3 aromatic rings. The summed E-state index contributed by atoms with van der Waals surface area (Å²) >= 11 is 0. The van der Waals surface area contributed by atoms with Gasteiger partial charge in [-0.3, -0.25) is 4.79 Å². The van der Waals surface area contributed by atoms with E-state index in [-0.39, 0.29) is 22.7 Å². The normalized spacial score (nSPS) is 12.7. The zero-order valence-corrected chi connectivity index (χ0v) is 15.6. The first kappa shape index (κ1) is 18.8. The average Bonchev–Trinajstić information content (AvgIpc) is 2.60. The number of carbonyl (C=O) groups is 1. The number of sulfone groups is 1. The summed E-state index contributed by atoms with van der Waals surface area (Å²) in [6, 6.07) is 13.1. The number of esters is 1. The molecule has 0 aliphatic carbocycles. The highest BCUT2D eigenvalue weighted by atomic mass is 32.2. The van der Waals surface area contributed by atoms with E-state index in [1.54, 1.807) is 43.3 Å². The van der Waals surface area contributed by atoms with E-state index in [1.807, 2.05) is 0 Å². The number of aromatic amines is 1. The Bertz CT molecular complexity index is 1170. The number of fused-ring (bicyclic) bond motifs is 1. The van der Waals surface area contributed by atoms with Crippen LogP contribution in [0.3, 0.4) is 0 Å². The first-order valence-electron chi connectivity index (χ1n) is 8.19. The number of para-hydroxylation sites is 1. The molecule has 3 rings (SSSR count). The van der Waals surface area contributed by atoms with Crippen LogP contribution < -0.4 is 5.56 Å². The Balaban J connectivity index is 1.82. The monoisotopic (exact) mass is 386 g/mol. The molecule has 1 atom stereocenters. The molecule has 0 radical (unpaired) electrons. The van der Waals surface area contributed by atoms with E-state index < -0.39 is 21.9 Å². The summed E-state index contributed by atoms with van der Waals surface area (Å²) < 4.78 is 28.2. The fourth-order valence-electron chi connectivity index (χ4n) is 2.67. The summed E-state index contributed by atoms with van der Waals surface area (Å²) in [4.78, 5) is 31.5. The Morgan fingerprint density at radius 1 is 1.19 bits per heavy atom. The average molecular weight is 386 g/mol. The van der Waals surface area contributed by atoms with Crippen LogP contribution in [-0.4, -0.2) is 30.6 Å². The number of carbonyl (C=O) groups excluding carboxylic acids is 1. The van der Waals surface area contributed by atoms with E-state index in [4.69, 9.17) is 4.74 Å². The van der Waals surface area contributed by atoms with Crippen molar-refractivity contribution in [3.8, 4) is 0 Å². The van der Waals surface area contributed by atoms with E-state index in [0.717, 1.165) is 6.26 Å². The van der Waals surface area contributed by atoms with Crippen LogP contribution in [0.2, 0.25) is 0 Å². The number of benzene rings is 2. The molecule has 8 heteroatoms. The number of H-pyrrole nitrogens is 1. The molecule has 0 spiro atoms. The highest BCUT2D eigenvalue weighted by molar-refractivity contribution is 7.89. The van der Waals surface area contributed by atoms with Crippen LogP contribution >= 0.6 is 0 Å². The lowest BCUT2D eigenvalue weighted by Crippen LogP contribution is -2.17. The molecule has 0 saturated carbocycles. The Morgan fingerprint density at radius 3 is 2.67 bits per heavy atom. The second-order valence-corrected chi connectivity index (χ2v) is 8.43. The van der Waals surface area contributed by atoms with Gasteiger partial charge < -0.3 is 9.72 Å². The van der Waals surface area contributed by atoms with E-state index >= 15 is 0 Å². The summed E-state index contributed by atoms with van der Waals surface area (Å²) in [5.74, 6) is -0.559. The van der Waals surface area contributed by atoms with Crippen LogP contribution in [0.5, 0.6) is 0 Å². The van der Waals surface area contributed by atoms with E-state index in [1.165, 1.54) is 12.1 Å². The number of hydrogen-bond acceptors (Lipinski definition) is 6. The SMILES string of the molecule is C[C@H](OC(=O)c1cccc(CS(C)(=O)=O)c1)c1nc2ccccc2c(=O)[nH]1. The van der Waals surface area contributed by atoms with Crippen LogP contribution in [0, 0.1) is 0 Å². The van der Waals surface area contributed by atoms with Crippen LogP contribution in [0.15, 0.2) is 53.3 Å². The zero-order chi connectivity index (χ0) is 19.6. The minimum absolute atomic E-state index is 0.163. The Morgan fingerprint density at radius 2 is 1.93 bits per heavy atom. The first-order valence-corrected chi connectivity index (χ1v) is 10.3. The number of aromatic nitrogens is 2. The van der Waals surface area contributed by atoms with Crippen molar-refractivity contribution in [2.24, 2.45) is 0 Å². The highest BCUT2D eigenvalue weighted by Crippen LogP contribution is 2.17. The van der Waals surface area contributed by atoms with Crippen LogP contribution in [0.4, 0.5) is 0 Å². The summed E-state index contributed by atoms with van der Waals surface area (Å²) in [7, 11) is -3.21. The molecular formula is C19H18N2O5S. The van der Waals surface area contributed by atoms with Crippen molar-refractivity contribution in [2.45, 2.75) is 18.8 Å². The van der Waals surface area contributed by atoms with Gasteiger partial charge in [0.1, 0.15) is 0 Å². The molecular weight excluding hydrogens is 368 g/mol. The summed E-state index contributed by atoms with van der Waals surface area (Å²) in [5.41, 5.74) is 0.922. The molecule has 0 aliphatic heterocycles. The van der Waals surface area contributed by atoms with Crippen molar-refractivity contribution >= 4 is 26.7 Å². The molecule has 27 heavy (non-hydrogen) atoms. The molecule has 0 bridgehead atoms. The second kappa shape index (κ2) is 7.32. The van der Waals surface area contributed by atoms with Crippen LogP contribution in [0.25, 0.3) is 10.9 Å². The Labute approximate surface area is 155 Å². The maximum absolute atomic E-state index is 12.4. The third-order valence-corrected chi connectivity index (χ3v) is 4.75. The van der Waals surface area contributed by atoms with Crippen molar-refractivity contribution in [2.75, 3.05) is 6.26 Å². The van der Waals surface area contributed by atoms with Crippen molar-refractivity contribution in [3.05, 3.63) is 75.8 Å². The standard InChI is InChI=1S/C19H18N2O5S/c1-12(17-20-16-9-4-3-8-15(16)18(22)21-17)26-19(23)14-7-5-6-13(10-14)11-27(2,24)25/h3-10,12H,11H2,1-2H3,(H,20,21,22)/t12-/m0/s1. The molecule has 0 aliphatic rings. The molecule has 140 valence electrons. The lowest BCUT2D eigenvalue weighted by Gasteiger charge is -2.13. The molecule has 1 aromatic heterocycles. The largest absolute Gasteiger partial charge is 0.451 e.